The third-order valence-corrected chi connectivity index (χ3v) is 5.13. The van der Waals surface area contributed by atoms with Crippen LogP contribution < -0.4 is 0 Å². The number of aromatic nitrogens is 1. The minimum Gasteiger partial charge on any atom is -0.388 e. The molecule has 19 heavy (non-hydrogen) atoms. The topological polar surface area (TPSA) is 36.4 Å². The summed E-state index contributed by atoms with van der Waals surface area (Å²) in [5.41, 5.74) is 0.386. The molecular weight excluding hydrogens is 283 g/mol. The predicted molar refractivity (Wildman–Crippen MR) is 76.4 cm³/mol. The van der Waals surface area contributed by atoms with E-state index in [4.69, 9.17) is 23.2 Å². The van der Waals surface area contributed by atoms with E-state index in [9.17, 15) is 5.11 Å². The van der Waals surface area contributed by atoms with Gasteiger partial charge in [0, 0.05) is 37.6 Å². The van der Waals surface area contributed by atoms with E-state index in [-0.39, 0.29) is 0 Å². The molecule has 104 valence electrons. The van der Waals surface area contributed by atoms with Crippen LogP contribution in [0.4, 0.5) is 0 Å². The van der Waals surface area contributed by atoms with Crippen LogP contribution in [0, 0.1) is 11.8 Å². The van der Waals surface area contributed by atoms with Crippen molar-refractivity contribution >= 4 is 23.2 Å². The lowest BCUT2D eigenvalue weighted by Gasteiger charge is -2.27. The Hall–Kier alpha value is -0.350. The van der Waals surface area contributed by atoms with Gasteiger partial charge in [0.05, 0.1) is 15.6 Å². The van der Waals surface area contributed by atoms with Crippen LogP contribution in [0.3, 0.4) is 0 Å². The quantitative estimate of drug-likeness (QED) is 0.932. The van der Waals surface area contributed by atoms with E-state index in [1.54, 1.807) is 12.4 Å². The highest BCUT2D eigenvalue weighted by atomic mass is 35.5. The van der Waals surface area contributed by atoms with Crippen LogP contribution in [0.25, 0.3) is 0 Å². The van der Waals surface area contributed by atoms with Crippen molar-refractivity contribution < 1.29 is 5.11 Å². The smallest absolute Gasteiger partial charge is 0.0839 e. The lowest BCUT2D eigenvalue weighted by atomic mass is 9.88. The second kappa shape index (κ2) is 4.88. The van der Waals surface area contributed by atoms with Crippen molar-refractivity contribution in [1.82, 2.24) is 9.88 Å². The number of nitrogens with zero attached hydrogens (tertiary/aromatic N) is 2. The highest BCUT2D eigenvalue weighted by molar-refractivity contribution is 6.35. The van der Waals surface area contributed by atoms with Gasteiger partial charge in [0.25, 0.3) is 0 Å². The third-order valence-electron chi connectivity index (χ3n) is 4.48. The van der Waals surface area contributed by atoms with Crippen LogP contribution in [0.1, 0.15) is 25.3 Å². The SMILES string of the molecule is CC1CN(Cc2c(Cl)cncc2Cl)CC1(O)C1CC1. The standard InChI is InChI=1S/C14H18Cl2N2O/c1-9-6-18(8-14(9,19)10-2-3-10)7-11-12(15)4-17-5-13(11)16/h4-5,9-10,19H,2-3,6-8H2,1H3. The molecule has 1 aromatic heterocycles. The lowest BCUT2D eigenvalue weighted by Crippen LogP contribution is -2.39. The van der Waals surface area contributed by atoms with Gasteiger partial charge in [-0.05, 0) is 24.7 Å². The molecule has 2 atom stereocenters. The van der Waals surface area contributed by atoms with Crippen molar-refractivity contribution in [2.45, 2.75) is 31.9 Å². The average Bonchev–Trinajstić information content (AvgIpc) is 3.14. The summed E-state index contributed by atoms with van der Waals surface area (Å²) in [6, 6.07) is 0. The Bertz CT molecular complexity index is 472. The molecular formula is C14H18Cl2N2O. The summed E-state index contributed by atoms with van der Waals surface area (Å²) in [7, 11) is 0. The molecule has 3 nitrogen and oxygen atoms in total. The highest BCUT2D eigenvalue weighted by Gasteiger charge is 2.52. The first-order valence-electron chi connectivity index (χ1n) is 6.73. The Morgan fingerprint density at radius 3 is 2.58 bits per heavy atom. The van der Waals surface area contributed by atoms with Crippen LogP contribution in [0.15, 0.2) is 12.4 Å². The van der Waals surface area contributed by atoms with Crippen molar-refractivity contribution in [3.8, 4) is 0 Å². The Balaban J connectivity index is 1.75. The number of β-amino-alcohol motifs (C(OH)–C–C–N with tert-alkyl or cyclic N) is 1. The molecule has 0 aromatic carbocycles. The van der Waals surface area contributed by atoms with Crippen molar-refractivity contribution in [3.63, 3.8) is 0 Å². The van der Waals surface area contributed by atoms with E-state index < -0.39 is 5.60 Å². The van der Waals surface area contributed by atoms with E-state index >= 15 is 0 Å². The molecule has 2 aliphatic rings. The van der Waals surface area contributed by atoms with Gasteiger partial charge in [0.1, 0.15) is 0 Å². The molecule has 1 aromatic rings. The summed E-state index contributed by atoms with van der Waals surface area (Å²) in [5.74, 6) is 0.787. The molecule has 3 rings (SSSR count). The molecule has 1 saturated carbocycles. The van der Waals surface area contributed by atoms with Crippen molar-refractivity contribution in [2.75, 3.05) is 13.1 Å². The second-order valence-corrected chi connectivity index (χ2v) is 6.73. The molecule has 0 spiro atoms. The predicted octanol–water partition coefficient (Wildman–Crippen LogP) is 2.98. The fraction of sp³-hybridized carbons (Fsp3) is 0.643. The van der Waals surface area contributed by atoms with Gasteiger partial charge in [-0.15, -0.1) is 0 Å². The Kier molecular flexibility index (Phi) is 3.50. The third kappa shape index (κ3) is 2.49. The minimum absolute atomic E-state index is 0.305. The molecule has 0 radical (unpaired) electrons. The number of hydrogen-bond donors (Lipinski definition) is 1. The van der Waals surface area contributed by atoms with Gasteiger partial charge in [-0.1, -0.05) is 30.1 Å². The monoisotopic (exact) mass is 300 g/mol. The zero-order valence-electron chi connectivity index (χ0n) is 10.9. The average molecular weight is 301 g/mol. The molecule has 1 saturated heterocycles. The first-order valence-corrected chi connectivity index (χ1v) is 7.49. The maximum Gasteiger partial charge on any atom is 0.0839 e. The molecule has 5 heteroatoms. The molecule has 1 aliphatic heterocycles. The van der Waals surface area contributed by atoms with E-state index in [2.05, 4.69) is 16.8 Å². The number of hydrogen-bond acceptors (Lipinski definition) is 3. The van der Waals surface area contributed by atoms with Crippen molar-refractivity contribution in [2.24, 2.45) is 11.8 Å². The second-order valence-electron chi connectivity index (χ2n) is 5.92. The number of likely N-dealkylation sites (tertiary alicyclic amines) is 1. The lowest BCUT2D eigenvalue weighted by molar-refractivity contribution is -0.00443. The zero-order valence-corrected chi connectivity index (χ0v) is 12.5. The number of pyridine rings is 1. The molecule has 2 fully saturated rings. The summed E-state index contributed by atoms with van der Waals surface area (Å²) < 4.78 is 0. The van der Waals surface area contributed by atoms with Gasteiger partial charge in [0.2, 0.25) is 0 Å². The van der Waals surface area contributed by atoms with Crippen molar-refractivity contribution in [3.05, 3.63) is 28.0 Å². The Morgan fingerprint density at radius 2 is 2.00 bits per heavy atom. The van der Waals surface area contributed by atoms with Crippen molar-refractivity contribution in [1.29, 1.82) is 0 Å². The maximum absolute atomic E-state index is 10.8. The summed E-state index contributed by atoms with van der Waals surface area (Å²) in [6.07, 6.45) is 5.56. The first-order chi connectivity index (χ1) is 9.00. The molecule has 1 N–H and O–H groups in total. The van der Waals surface area contributed by atoms with Gasteiger partial charge >= 0.3 is 0 Å². The summed E-state index contributed by atoms with van der Waals surface area (Å²) in [5, 5.41) is 12.0. The van der Waals surface area contributed by atoms with E-state index in [0.29, 0.717) is 35.0 Å². The maximum atomic E-state index is 10.8. The van der Waals surface area contributed by atoms with Crippen LogP contribution in [0.2, 0.25) is 10.0 Å². The first kappa shape index (κ1) is 13.6. The molecule has 2 unspecified atom stereocenters. The molecule has 0 bridgehead atoms. The molecule has 0 amide bonds. The molecule has 2 heterocycles. The van der Waals surface area contributed by atoms with Gasteiger partial charge in [-0.3, -0.25) is 9.88 Å². The summed E-state index contributed by atoms with van der Waals surface area (Å²) in [6.45, 7) is 4.42. The van der Waals surface area contributed by atoms with Crippen LogP contribution in [0.5, 0.6) is 0 Å². The van der Waals surface area contributed by atoms with Gasteiger partial charge in [-0.25, -0.2) is 0 Å². The zero-order chi connectivity index (χ0) is 13.6. The normalized spacial score (nSPS) is 31.9. The Morgan fingerprint density at radius 1 is 1.37 bits per heavy atom. The van der Waals surface area contributed by atoms with E-state index in [1.165, 1.54) is 0 Å². The fourth-order valence-electron chi connectivity index (χ4n) is 3.17. The number of aliphatic hydroxyl groups is 1. The van der Waals surface area contributed by atoms with Gasteiger partial charge in [-0.2, -0.15) is 0 Å². The van der Waals surface area contributed by atoms with Crippen LogP contribution >= 0.6 is 23.2 Å². The van der Waals surface area contributed by atoms with Gasteiger partial charge in [0.15, 0.2) is 0 Å². The fourth-order valence-corrected chi connectivity index (χ4v) is 3.66. The summed E-state index contributed by atoms with van der Waals surface area (Å²) in [4.78, 5) is 6.22. The van der Waals surface area contributed by atoms with Gasteiger partial charge < -0.3 is 5.11 Å². The van der Waals surface area contributed by atoms with E-state index in [1.807, 2.05) is 0 Å². The highest BCUT2D eigenvalue weighted by Crippen LogP contribution is 2.47. The van der Waals surface area contributed by atoms with Crippen LogP contribution in [-0.4, -0.2) is 33.7 Å². The van der Waals surface area contributed by atoms with Crippen LogP contribution in [-0.2, 0) is 6.54 Å². The number of halogens is 2. The Labute approximate surface area is 123 Å². The molecule has 1 aliphatic carbocycles. The largest absolute Gasteiger partial charge is 0.388 e. The van der Waals surface area contributed by atoms with E-state index in [0.717, 1.165) is 24.9 Å². The minimum atomic E-state index is -0.522. The summed E-state index contributed by atoms with van der Waals surface area (Å²) >= 11 is 12.3. The number of rotatable bonds is 3.